The number of aromatic hydroxyl groups is 1. The molecule has 0 radical (unpaired) electrons. The van der Waals surface area contributed by atoms with Gasteiger partial charge in [-0.1, -0.05) is 25.8 Å². The summed E-state index contributed by atoms with van der Waals surface area (Å²) in [6.45, 7) is 5.79. The molecule has 1 nitrogen and oxygen atoms in total. The Hall–Kier alpha value is -2.01. The van der Waals surface area contributed by atoms with E-state index in [9.17, 15) is 9.50 Å². The first-order chi connectivity index (χ1) is 8.13. The highest BCUT2D eigenvalue weighted by Crippen LogP contribution is 2.28. The molecular formula is C15H15FO. The summed E-state index contributed by atoms with van der Waals surface area (Å²) in [7, 11) is 0. The maximum absolute atomic E-state index is 13.4. The van der Waals surface area contributed by atoms with E-state index >= 15 is 0 Å². The SMILES string of the molecule is C#Cc1c(F)ccc2cc(O)cc(C)c12.CC. The van der Waals surface area contributed by atoms with Crippen LogP contribution in [0.4, 0.5) is 4.39 Å². The first-order valence-electron chi connectivity index (χ1n) is 5.52. The number of phenols is 1. The highest BCUT2D eigenvalue weighted by molar-refractivity contribution is 5.92. The largest absolute Gasteiger partial charge is 0.508 e. The Morgan fingerprint density at radius 3 is 2.47 bits per heavy atom. The number of fused-ring (bicyclic) bond motifs is 1. The second-order valence-electron chi connectivity index (χ2n) is 3.43. The van der Waals surface area contributed by atoms with Gasteiger partial charge in [-0.3, -0.25) is 0 Å². The lowest BCUT2D eigenvalue weighted by Gasteiger charge is -2.06. The van der Waals surface area contributed by atoms with Crippen LogP contribution >= 0.6 is 0 Å². The molecule has 0 spiro atoms. The number of terminal acetylenes is 1. The minimum atomic E-state index is -0.404. The monoisotopic (exact) mass is 230 g/mol. The van der Waals surface area contributed by atoms with Crippen LogP contribution < -0.4 is 0 Å². The van der Waals surface area contributed by atoms with Crippen LogP contribution in [0.15, 0.2) is 24.3 Å². The molecule has 2 aromatic rings. The van der Waals surface area contributed by atoms with Crippen molar-refractivity contribution in [2.45, 2.75) is 20.8 Å². The van der Waals surface area contributed by atoms with Gasteiger partial charge in [0.25, 0.3) is 0 Å². The molecule has 0 saturated carbocycles. The van der Waals surface area contributed by atoms with Gasteiger partial charge in [-0.2, -0.15) is 0 Å². The fourth-order valence-corrected chi connectivity index (χ4v) is 1.77. The predicted octanol–water partition coefficient (Wildman–Crippen LogP) is 4.00. The van der Waals surface area contributed by atoms with Gasteiger partial charge in [0.1, 0.15) is 11.6 Å². The molecule has 17 heavy (non-hydrogen) atoms. The Bertz CT molecular complexity index is 579. The fraction of sp³-hybridized carbons (Fsp3) is 0.200. The summed E-state index contributed by atoms with van der Waals surface area (Å²) < 4.78 is 13.4. The van der Waals surface area contributed by atoms with Crippen LogP contribution in [0, 0.1) is 25.1 Å². The summed E-state index contributed by atoms with van der Waals surface area (Å²) in [4.78, 5) is 0. The van der Waals surface area contributed by atoms with Crippen LogP contribution in [0.1, 0.15) is 25.0 Å². The van der Waals surface area contributed by atoms with E-state index < -0.39 is 5.82 Å². The first-order valence-corrected chi connectivity index (χ1v) is 5.52. The molecule has 2 aromatic carbocycles. The molecule has 0 bridgehead atoms. The minimum Gasteiger partial charge on any atom is -0.508 e. The van der Waals surface area contributed by atoms with Crippen molar-refractivity contribution in [3.8, 4) is 18.1 Å². The van der Waals surface area contributed by atoms with E-state index in [1.165, 1.54) is 6.07 Å². The Balaban J connectivity index is 0.000000686. The van der Waals surface area contributed by atoms with E-state index in [1.54, 1.807) is 25.1 Å². The summed E-state index contributed by atoms with van der Waals surface area (Å²) in [5.74, 6) is 2.10. The zero-order chi connectivity index (χ0) is 13.0. The molecule has 0 aliphatic carbocycles. The topological polar surface area (TPSA) is 20.2 Å². The second kappa shape index (κ2) is 5.36. The zero-order valence-electron chi connectivity index (χ0n) is 10.2. The van der Waals surface area contributed by atoms with Crippen LogP contribution in [0.3, 0.4) is 0 Å². The lowest BCUT2D eigenvalue weighted by Crippen LogP contribution is -1.89. The maximum Gasteiger partial charge on any atom is 0.139 e. The Kier molecular flexibility index (Phi) is 4.12. The molecule has 0 atom stereocenters. The quantitative estimate of drug-likeness (QED) is 0.678. The lowest BCUT2D eigenvalue weighted by molar-refractivity contribution is 0.476. The summed E-state index contributed by atoms with van der Waals surface area (Å²) in [5.41, 5.74) is 1.03. The van der Waals surface area contributed by atoms with Crippen molar-refractivity contribution in [3.05, 3.63) is 41.2 Å². The Labute approximate surface area is 101 Å². The smallest absolute Gasteiger partial charge is 0.139 e. The summed E-state index contributed by atoms with van der Waals surface area (Å²) in [5, 5.41) is 10.8. The van der Waals surface area contributed by atoms with Crippen LogP contribution in [0.2, 0.25) is 0 Å². The van der Waals surface area contributed by atoms with Crippen molar-refractivity contribution >= 4 is 10.8 Å². The van der Waals surface area contributed by atoms with E-state index in [1.807, 2.05) is 13.8 Å². The molecule has 2 heteroatoms. The number of rotatable bonds is 0. The van der Waals surface area contributed by atoms with Crippen molar-refractivity contribution < 1.29 is 9.50 Å². The molecular weight excluding hydrogens is 215 g/mol. The van der Waals surface area contributed by atoms with E-state index in [4.69, 9.17) is 6.42 Å². The minimum absolute atomic E-state index is 0.162. The number of phenolic OH excluding ortho intramolecular Hbond substituents is 1. The molecule has 0 unspecified atom stereocenters. The Morgan fingerprint density at radius 2 is 1.88 bits per heavy atom. The van der Waals surface area contributed by atoms with Crippen LogP contribution in [0.5, 0.6) is 5.75 Å². The average Bonchev–Trinajstić information content (AvgIpc) is 2.32. The Morgan fingerprint density at radius 1 is 1.24 bits per heavy atom. The van der Waals surface area contributed by atoms with Crippen molar-refractivity contribution in [3.63, 3.8) is 0 Å². The van der Waals surface area contributed by atoms with Gasteiger partial charge in [0.15, 0.2) is 0 Å². The van der Waals surface area contributed by atoms with E-state index in [2.05, 4.69) is 5.92 Å². The van der Waals surface area contributed by atoms with Gasteiger partial charge in [0.2, 0.25) is 0 Å². The highest BCUT2D eigenvalue weighted by Gasteiger charge is 2.08. The first kappa shape index (κ1) is 13.1. The number of aryl methyl sites for hydroxylation is 1. The summed E-state index contributed by atoms with van der Waals surface area (Å²) >= 11 is 0. The molecule has 0 heterocycles. The predicted molar refractivity (Wildman–Crippen MR) is 69.6 cm³/mol. The van der Waals surface area contributed by atoms with Crippen molar-refractivity contribution in [2.75, 3.05) is 0 Å². The van der Waals surface area contributed by atoms with Gasteiger partial charge in [-0.15, -0.1) is 6.42 Å². The number of hydrogen-bond acceptors (Lipinski definition) is 1. The zero-order valence-corrected chi connectivity index (χ0v) is 10.2. The molecule has 88 valence electrons. The van der Waals surface area contributed by atoms with E-state index in [-0.39, 0.29) is 11.3 Å². The molecule has 1 N–H and O–H groups in total. The fourth-order valence-electron chi connectivity index (χ4n) is 1.77. The van der Waals surface area contributed by atoms with Crippen molar-refractivity contribution in [1.29, 1.82) is 0 Å². The molecule has 0 fully saturated rings. The molecule has 0 aliphatic heterocycles. The third-order valence-corrected chi connectivity index (χ3v) is 2.39. The van der Waals surface area contributed by atoms with Crippen molar-refractivity contribution in [2.24, 2.45) is 0 Å². The lowest BCUT2D eigenvalue weighted by atomic mass is 9.99. The van der Waals surface area contributed by atoms with E-state index in [0.717, 1.165) is 10.9 Å². The number of halogens is 1. The van der Waals surface area contributed by atoms with Gasteiger partial charge in [-0.05, 0) is 36.1 Å². The molecule has 0 amide bonds. The molecule has 0 saturated heterocycles. The van der Waals surface area contributed by atoms with Crippen LogP contribution in [-0.4, -0.2) is 5.11 Å². The second-order valence-corrected chi connectivity index (χ2v) is 3.43. The van der Waals surface area contributed by atoms with Gasteiger partial charge in [0.05, 0.1) is 5.56 Å². The third kappa shape index (κ3) is 2.39. The molecule has 0 aliphatic rings. The van der Waals surface area contributed by atoms with Gasteiger partial charge in [0, 0.05) is 5.39 Å². The van der Waals surface area contributed by atoms with Gasteiger partial charge in [-0.25, -0.2) is 4.39 Å². The average molecular weight is 230 g/mol. The third-order valence-electron chi connectivity index (χ3n) is 2.39. The maximum atomic E-state index is 13.4. The molecule has 2 rings (SSSR count). The number of benzene rings is 2. The van der Waals surface area contributed by atoms with Crippen LogP contribution in [-0.2, 0) is 0 Å². The standard InChI is InChI=1S/C13H9FO.C2H6/c1-3-11-12(14)5-4-9-7-10(15)6-8(2)13(9)11;1-2/h1,4-7,15H,2H3;1-2H3. The highest BCUT2D eigenvalue weighted by atomic mass is 19.1. The molecule has 0 aromatic heterocycles. The van der Waals surface area contributed by atoms with Crippen molar-refractivity contribution in [1.82, 2.24) is 0 Å². The normalized spacial score (nSPS) is 9.35. The summed E-state index contributed by atoms with van der Waals surface area (Å²) in [6, 6.07) is 6.07. The number of hydrogen-bond donors (Lipinski definition) is 1. The summed E-state index contributed by atoms with van der Waals surface area (Å²) in [6.07, 6.45) is 5.27. The van der Waals surface area contributed by atoms with Gasteiger partial charge < -0.3 is 5.11 Å². The van der Waals surface area contributed by atoms with E-state index in [0.29, 0.717) is 5.39 Å². The van der Waals surface area contributed by atoms with Crippen LogP contribution in [0.25, 0.3) is 10.8 Å². The van der Waals surface area contributed by atoms with Gasteiger partial charge >= 0.3 is 0 Å².